The van der Waals surface area contributed by atoms with Gasteiger partial charge in [-0.1, -0.05) is 54.6 Å². The van der Waals surface area contributed by atoms with Gasteiger partial charge in [0.25, 0.3) is 5.91 Å². The van der Waals surface area contributed by atoms with Gasteiger partial charge in [-0.25, -0.2) is 14.6 Å². The molecule has 0 saturated heterocycles. The van der Waals surface area contributed by atoms with Gasteiger partial charge in [-0.2, -0.15) is 0 Å². The van der Waals surface area contributed by atoms with Gasteiger partial charge in [-0.15, -0.1) is 0 Å². The van der Waals surface area contributed by atoms with E-state index < -0.39 is 24.0 Å². The second-order valence-electron chi connectivity index (χ2n) is 9.70. The Balaban J connectivity index is 1.29. The third-order valence-corrected chi connectivity index (χ3v) is 6.54. The molecule has 12 nitrogen and oxygen atoms in total. The van der Waals surface area contributed by atoms with Crippen LogP contribution in [0.1, 0.15) is 27.3 Å². The zero-order chi connectivity index (χ0) is 30.6. The van der Waals surface area contributed by atoms with Crippen molar-refractivity contribution < 1.29 is 33.8 Å². The molecule has 224 valence electrons. The number of carboxylic acid groups (broad SMARTS) is 1. The minimum absolute atomic E-state index is 0.0217. The number of alkyl carbamates (subject to hydrolysis) is 1. The van der Waals surface area contributed by atoms with Gasteiger partial charge in [0.2, 0.25) is 5.91 Å². The molecule has 0 aliphatic carbocycles. The SMILES string of the molecule is COCC(=O)N(CCc1nc2ccccc2[nH]1)Cc1ccc(C(=O)NC[C@H](NC(=O)OCc2ccccc2)C(=O)O)cc1. The van der Waals surface area contributed by atoms with Crippen LogP contribution in [0.2, 0.25) is 0 Å². The number of amides is 3. The van der Waals surface area contributed by atoms with Crippen molar-refractivity contribution in [2.75, 3.05) is 26.8 Å². The van der Waals surface area contributed by atoms with Crippen molar-refractivity contribution in [2.45, 2.75) is 25.6 Å². The average molecular weight is 588 g/mol. The number of imidazole rings is 1. The van der Waals surface area contributed by atoms with Crippen LogP contribution in [0.5, 0.6) is 0 Å². The predicted molar refractivity (Wildman–Crippen MR) is 157 cm³/mol. The molecule has 1 aromatic heterocycles. The van der Waals surface area contributed by atoms with Gasteiger partial charge in [-0.3, -0.25) is 9.59 Å². The molecular formula is C31H33N5O7. The molecule has 3 amide bonds. The van der Waals surface area contributed by atoms with Gasteiger partial charge in [0.05, 0.1) is 11.0 Å². The van der Waals surface area contributed by atoms with Crippen molar-refractivity contribution in [2.24, 2.45) is 0 Å². The lowest BCUT2D eigenvalue weighted by Crippen LogP contribution is -2.48. The maximum atomic E-state index is 12.7. The molecule has 0 spiro atoms. The summed E-state index contributed by atoms with van der Waals surface area (Å²) in [5.41, 5.74) is 3.61. The molecule has 0 radical (unpaired) electrons. The number of carboxylic acids is 1. The largest absolute Gasteiger partial charge is 0.480 e. The number of aliphatic carboxylic acids is 1. The van der Waals surface area contributed by atoms with E-state index in [9.17, 15) is 24.3 Å². The highest BCUT2D eigenvalue weighted by atomic mass is 16.5. The predicted octanol–water partition coefficient (Wildman–Crippen LogP) is 2.89. The molecule has 0 bridgehead atoms. The smallest absolute Gasteiger partial charge is 0.408 e. The minimum Gasteiger partial charge on any atom is -0.480 e. The van der Waals surface area contributed by atoms with Crippen LogP contribution in [0.4, 0.5) is 4.79 Å². The summed E-state index contributed by atoms with van der Waals surface area (Å²) in [4.78, 5) is 58.6. The van der Waals surface area contributed by atoms with Gasteiger partial charge in [0, 0.05) is 38.7 Å². The first-order valence-corrected chi connectivity index (χ1v) is 13.6. The summed E-state index contributed by atoms with van der Waals surface area (Å²) in [5.74, 6) is -1.26. The number of aromatic nitrogens is 2. The van der Waals surface area contributed by atoms with Crippen molar-refractivity contribution >= 4 is 34.9 Å². The molecule has 1 heterocycles. The van der Waals surface area contributed by atoms with E-state index in [-0.39, 0.29) is 31.2 Å². The zero-order valence-corrected chi connectivity index (χ0v) is 23.6. The number of carbonyl (C=O) groups is 4. The number of para-hydroxylation sites is 2. The molecule has 4 N–H and O–H groups in total. The summed E-state index contributed by atoms with van der Waals surface area (Å²) in [6, 6.07) is 21.9. The quantitative estimate of drug-likeness (QED) is 0.175. The van der Waals surface area contributed by atoms with Crippen molar-refractivity contribution in [3.63, 3.8) is 0 Å². The fraction of sp³-hybridized carbons (Fsp3) is 0.258. The normalized spacial score (nSPS) is 11.5. The number of fused-ring (bicyclic) bond motifs is 1. The van der Waals surface area contributed by atoms with Gasteiger partial charge >= 0.3 is 12.1 Å². The van der Waals surface area contributed by atoms with E-state index >= 15 is 0 Å². The number of nitrogens with one attached hydrogen (secondary N) is 3. The lowest BCUT2D eigenvalue weighted by molar-refractivity contribution is -0.139. The Hall–Kier alpha value is -5.23. The van der Waals surface area contributed by atoms with Crippen molar-refractivity contribution in [1.29, 1.82) is 0 Å². The fourth-order valence-electron chi connectivity index (χ4n) is 4.26. The maximum absolute atomic E-state index is 12.7. The Labute approximate surface area is 248 Å². The number of H-pyrrole nitrogens is 1. The summed E-state index contributed by atoms with van der Waals surface area (Å²) in [6.45, 7) is 0.255. The van der Waals surface area contributed by atoms with E-state index in [1.807, 2.05) is 30.3 Å². The van der Waals surface area contributed by atoms with Crippen molar-refractivity contribution in [1.82, 2.24) is 25.5 Å². The Bertz CT molecular complexity index is 1510. The monoisotopic (exact) mass is 587 g/mol. The third-order valence-electron chi connectivity index (χ3n) is 6.54. The molecule has 0 fully saturated rings. The Kier molecular flexibility index (Phi) is 10.8. The first-order chi connectivity index (χ1) is 20.8. The molecule has 0 unspecified atom stereocenters. The number of nitrogens with zero attached hydrogens (tertiary/aromatic N) is 2. The molecular weight excluding hydrogens is 554 g/mol. The number of methoxy groups -OCH3 is 1. The van der Waals surface area contributed by atoms with E-state index in [1.165, 1.54) is 7.11 Å². The molecule has 12 heteroatoms. The van der Waals surface area contributed by atoms with Crippen LogP contribution in [0.15, 0.2) is 78.9 Å². The average Bonchev–Trinajstić information content (AvgIpc) is 3.44. The van der Waals surface area contributed by atoms with Crippen molar-refractivity contribution in [3.05, 3.63) is 101 Å². The van der Waals surface area contributed by atoms with E-state index in [1.54, 1.807) is 53.4 Å². The summed E-state index contributed by atoms with van der Waals surface area (Å²) < 4.78 is 10.1. The number of benzene rings is 3. The summed E-state index contributed by atoms with van der Waals surface area (Å²) in [6.07, 6.45) is -0.397. The number of carbonyl (C=O) groups excluding carboxylic acids is 3. The fourth-order valence-corrected chi connectivity index (χ4v) is 4.26. The molecule has 0 saturated carbocycles. The molecule has 43 heavy (non-hydrogen) atoms. The molecule has 4 aromatic rings. The highest BCUT2D eigenvalue weighted by Gasteiger charge is 2.22. The number of rotatable bonds is 14. The number of aromatic amines is 1. The Morgan fingerprint density at radius 1 is 0.953 bits per heavy atom. The van der Waals surface area contributed by atoms with E-state index in [4.69, 9.17) is 9.47 Å². The highest BCUT2D eigenvalue weighted by Crippen LogP contribution is 2.13. The second-order valence-corrected chi connectivity index (χ2v) is 9.70. The van der Waals surface area contributed by atoms with Crippen LogP contribution >= 0.6 is 0 Å². The topological polar surface area (TPSA) is 163 Å². The van der Waals surface area contributed by atoms with E-state index in [2.05, 4.69) is 20.6 Å². The van der Waals surface area contributed by atoms with Gasteiger partial charge < -0.3 is 35.1 Å². The lowest BCUT2D eigenvalue weighted by Gasteiger charge is -2.22. The maximum Gasteiger partial charge on any atom is 0.408 e. The Morgan fingerprint density at radius 3 is 2.37 bits per heavy atom. The number of hydrogen-bond acceptors (Lipinski definition) is 7. The number of hydrogen-bond donors (Lipinski definition) is 4. The molecule has 3 aromatic carbocycles. The highest BCUT2D eigenvalue weighted by molar-refractivity contribution is 5.94. The Morgan fingerprint density at radius 2 is 1.67 bits per heavy atom. The first-order valence-electron chi connectivity index (χ1n) is 13.6. The van der Waals surface area contributed by atoms with Gasteiger partial charge in [0.1, 0.15) is 25.1 Å². The summed E-state index contributed by atoms with van der Waals surface area (Å²) in [7, 11) is 1.46. The van der Waals surface area contributed by atoms with Gasteiger partial charge in [0.15, 0.2) is 0 Å². The van der Waals surface area contributed by atoms with Crippen LogP contribution in [-0.2, 0) is 38.6 Å². The lowest BCUT2D eigenvalue weighted by atomic mass is 10.1. The molecule has 0 aliphatic heterocycles. The number of ether oxygens (including phenoxy) is 2. The summed E-state index contributed by atoms with van der Waals surface area (Å²) >= 11 is 0. The second kappa shape index (κ2) is 15.1. The van der Waals surface area contributed by atoms with E-state index in [0.717, 1.165) is 28.0 Å². The van der Waals surface area contributed by atoms with Crippen LogP contribution in [0.25, 0.3) is 11.0 Å². The first kappa shape index (κ1) is 30.7. The van der Waals surface area contributed by atoms with Crippen LogP contribution in [0.3, 0.4) is 0 Å². The molecule has 4 rings (SSSR count). The standard InChI is InChI=1S/C31H33N5O7/c1-42-20-28(37)36(16-15-27-33-24-9-5-6-10-25(24)34-27)18-21-11-13-23(14-12-21)29(38)32-17-26(30(39)40)35-31(41)43-19-22-7-3-2-4-8-22/h2-14,26H,15-20H2,1H3,(H,32,38)(H,33,34)(H,35,41)(H,39,40)/t26-/m0/s1. The third kappa shape index (κ3) is 9.13. The van der Waals surface area contributed by atoms with Crippen LogP contribution in [0, 0.1) is 0 Å². The van der Waals surface area contributed by atoms with Crippen LogP contribution < -0.4 is 10.6 Å². The van der Waals surface area contributed by atoms with Crippen LogP contribution in [-0.4, -0.2) is 76.7 Å². The van der Waals surface area contributed by atoms with Crippen molar-refractivity contribution in [3.8, 4) is 0 Å². The van der Waals surface area contributed by atoms with Gasteiger partial charge in [-0.05, 0) is 35.4 Å². The van der Waals surface area contributed by atoms with E-state index in [0.29, 0.717) is 19.5 Å². The molecule has 0 aliphatic rings. The zero-order valence-electron chi connectivity index (χ0n) is 23.6. The molecule has 1 atom stereocenters. The summed E-state index contributed by atoms with van der Waals surface area (Å²) in [5, 5.41) is 14.2. The minimum atomic E-state index is -1.39.